The van der Waals surface area contributed by atoms with Gasteiger partial charge < -0.3 is 20.3 Å². The highest BCUT2D eigenvalue weighted by molar-refractivity contribution is 6.01. The van der Waals surface area contributed by atoms with Crippen molar-refractivity contribution in [3.63, 3.8) is 0 Å². The lowest BCUT2D eigenvalue weighted by atomic mass is 9.79. The summed E-state index contributed by atoms with van der Waals surface area (Å²) in [7, 11) is 1.64. The number of methoxy groups -OCH3 is 1. The summed E-state index contributed by atoms with van der Waals surface area (Å²) in [5, 5.41) is 6.18. The first-order chi connectivity index (χ1) is 16.0. The van der Waals surface area contributed by atoms with Crippen LogP contribution in [0.2, 0.25) is 0 Å². The Labute approximate surface area is 193 Å². The second-order valence-corrected chi connectivity index (χ2v) is 9.35. The van der Waals surface area contributed by atoms with Crippen LogP contribution in [0.1, 0.15) is 55.1 Å². The molecule has 2 saturated heterocycles. The van der Waals surface area contributed by atoms with E-state index >= 15 is 0 Å². The van der Waals surface area contributed by atoms with Gasteiger partial charge in [-0.1, -0.05) is 36.8 Å². The standard InChI is InChI=1S/C26H29N3O4/c1-33-18-8-6-7-17(13-18)21-15-29(16-26(21)12-5-4-11-23(30)28-26)25(32)20-14-24(31)27-22-10-3-2-9-19(20)22/h2-3,6-10,13,20-21H,4-5,11-12,14-16H2,1H3,(H,27,31)(H,28,30)/t20?,21-,26+/m0/s1. The van der Waals surface area contributed by atoms with Crippen LogP contribution in [0.25, 0.3) is 0 Å². The normalized spacial score (nSPS) is 26.9. The van der Waals surface area contributed by atoms with Crippen molar-refractivity contribution in [2.75, 3.05) is 25.5 Å². The van der Waals surface area contributed by atoms with E-state index in [1.54, 1.807) is 7.11 Å². The zero-order valence-corrected chi connectivity index (χ0v) is 18.8. The molecule has 3 atom stereocenters. The van der Waals surface area contributed by atoms with Crippen LogP contribution in [0.4, 0.5) is 5.69 Å². The molecule has 3 amide bonds. The fraction of sp³-hybridized carbons (Fsp3) is 0.423. The number of likely N-dealkylation sites (tertiary alicyclic amines) is 1. The number of ether oxygens (including phenoxy) is 1. The summed E-state index contributed by atoms with van der Waals surface area (Å²) in [6.45, 7) is 0.937. The molecule has 0 radical (unpaired) electrons. The molecule has 3 aliphatic rings. The van der Waals surface area contributed by atoms with Crippen molar-refractivity contribution in [2.24, 2.45) is 0 Å². The van der Waals surface area contributed by atoms with Crippen LogP contribution >= 0.6 is 0 Å². The van der Waals surface area contributed by atoms with Gasteiger partial charge in [0, 0.05) is 37.5 Å². The smallest absolute Gasteiger partial charge is 0.230 e. The van der Waals surface area contributed by atoms with Crippen LogP contribution in [0.3, 0.4) is 0 Å². The SMILES string of the molecule is COc1cccc([C@@H]2CN(C(=O)C3CC(=O)Nc4ccccc43)C[C@]23CCCCC(=O)N3)c1. The molecule has 7 nitrogen and oxygen atoms in total. The van der Waals surface area contributed by atoms with Crippen molar-refractivity contribution in [3.05, 3.63) is 59.7 Å². The topological polar surface area (TPSA) is 87.7 Å². The average molecular weight is 448 g/mol. The predicted molar refractivity (Wildman–Crippen MR) is 124 cm³/mol. The van der Waals surface area contributed by atoms with Crippen molar-refractivity contribution in [1.29, 1.82) is 0 Å². The maximum Gasteiger partial charge on any atom is 0.230 e. The summed E-state index contributed by atoms with van der Waals surface area (Å²) >= 11 is 0. The second kappa shape index (κ2) is 8.54. The van der Waals surface area contributed by atoms with Crippen LogP contribution in [-0.4, -0.2) is 48.4 Å². The number of nitrogens with one attached hydrogen (secondary N) is 2. The van der Waals surface area contributed by atoms with Crippen molar-refractivity contribution < 1.29 is 19.1 Å². The zero-order chi connectivity index (χ0) is 23.0. The number of benzene rings is 2. The minimum atomic E-state index is -0.522. The molecule has 2 aromatic rings. The number of amides is 3. The van der Waals surface area contributed by atoms with E-state index < -0.39 is 11.5 Å². The van der Waals surface area contributed by atoms with Gasteiger partial charge in [-0.15, -0.1) is 0 Å². The quantitative estimate of drug-likeness (QED) is 0.757. The fourth-order valence-corrected chi connectivity index (χ4v) is 5.72. The Morgan fingerprint density at radius 3 is 2.79 bits per heavy atom. The van der Waals surface area contributed by atoms with E-state index in [1.807, 2.05) is 53.4 Å². The van der Waals surface area contributed by atoms with Gasteiger partial charge in [-0.2, -0.15) is 0 Å². The molecule has 1 spiro atoms. The lowest BCUT2D eigenvalue weighted by Gasteiger charge is -2.35. The lowest BCUT2D eigenvalue weighted by Crippen LogP contribution is -2.53. The van der Waals surface area contributed by atoms with E-state index in [4.69, 9.17) is 4.74 Å². The van der Waals surface area contributed by atoms with Gasteiger partial charge >= 0.3 is 0 Å². The third-order valence-corrected chi connectivity index (χ3v) is 7.31. The highest BCUT2D eigenvalue weighted by atomic mass is 16.5. The highest BCUT2D eigenvalue weighted by Gasteiger charge is 2.51. The first-order valence-electron chi connectivity index (χ1n) is 11.6. The molecule has 0 saturated carbocycles. The molecular weight excluding hydrogens is 418 g/mol. The average Bonchev–Trinajstić information content (AvgIpc) is 3.08. The molecular formula is C26H29N3O4. The number of carbonyl (C=O) groups is 3. The third kappa shape index (κ3) is 3.96. The molecule has 172 valence electrons. The maximum atomic E-state index is 13.8. The lowest BCUT2D eigenvalue weighted by molar-refractivity contribution is -0.134. The van der Waals surface area contributed by atoms with Gasteiger partial charge in [-0.3, -0.25) is 14.4 Å². The summed E-state index contributed by atoms with van der Waals surface area (Å²) in [5.74, 6) is 0.0276. The molecule has 7 heteroatoms. The Balaban J connectivity index is 1.50. The number of para-hydroxylation sites is 1. The maximum absolute atomic E-state index is 13.8. The van der Waals surface area contributed by atoms with Crippen LogP contribution < -0.4 is 15.4 Å². The third-order valence-electron chi connectivity index (χ3n) is 7.31. The summed E-state index contributed by atoms with van der Waals surface area (Å²) in [6, 6.07) is 15.4. The summed E-state index contributed by atoms with van der Waals surface area (Å²) < 4.78 is 5.44. The van der Waals surface area contributed by atoms with E-state index in [0.29, 0.717) is 25.2 Å². The Kier molecular flexibility index (Phi) is 5.56. The minimum Gasteiger partial charge on any atom is -0.497 e. The minimum absolute atomic E-state index is 0.0390. The summed E-state index contributed by atoms with van der Waals surface area (Å²) in [4.78, 5) is 40.6. The number of fused-ring (bicyclic) bond motifs is 1. The summed E-state index contributed by atoms with van der Waals surface area (Å²) in [6.07, 6.45) is 3.23. The van der Waals surface area contributed by atoms with Crippen molar-refractivity contribution in [2.45, 2.75) is 49.5 Å². The summed E-state index contributed by atoms with van der Waals surface area (Å²) in [5.41, 5.74) is 2.08. The van der Waals surface area contributed by atoms with Gasteiger partial charge in [0.1, 0.15) is 5.75 Å². The van der Waals surface area contributed by atoms with Gasteiger partial charge in [-0.05, 0) is 42.2 Å². The molecule has 2 fully saturated rings. The van der Waals surface area contributed by atoms with E-state index in [9.17, 15) is 14.4 Å². The number of hydrogen-bond donors (Lipinski definition) is 2. The molecule has 1 unspecified atom stereocenters. The van der Waals surface area contributed by atoms with Gasteiger partial charge in [0.2, 0.25) is 17.7 Å². The van der Waals surface area contributed by atoms with Crippen molar-refractivity contribution in [1.82, 2.24) is 10.2 Å². The number of carbonyl (C=O) groups excluding carboxylic acids is 3. The van der Waals surface area contributed by atoms with Crippen molar-refractivity contribution >= 4 is 23.4 Å². The van der Waals surface area contributed by atoms with Gasteiger partial charge in [0.25, 0.3) is 0 Å². The molecule has 3 heterocycles. The largest absolute Gasteiger partial charge is 0.497 e. The second-order valence-electron chi connectivity index (χ2n) is 9.35. The Morgan fingerprint density at radius 2 is 1.94 bits per heavy atom. The van der Waals surface area contributed by atoms with Crippen LogP contribution in [0.5, 0.6) is 5.75 Å². The highest BCUT2D eigenvalue weighted by Crippen LogP contribution is 2.43. The number of rotatable bonds is 3. The van der Waals surface area contributed by atoms with Crippen LogP contribution in [0, 0.1) is 0 Å². The molecule has 2 aromatic carbocycles. The molecule has 3 aliphatic heterocycles. The predicted octanol–water partition coefficient (Wildman–Crippen LogP) is 3.18. The van der Waals surface area contributed by atoms with Crippen LogP contribution in [0.15, 0.2) is 48.5 Å². The Hall–Kier alpha value is -3.35. The van der Waals surface area contributed by atoms with Gasteiger partial charge in [0.05, 0.1) is 18.6 Å². The monoisotopic (exact) mass is 447 g/mol. The molecule has 2 N–H and O–H groups in total. The number of nitrogens with zero attached hydrogens (tertiary/aromatic N) is 1. The molecule has 5 rings (SSSR count). The van der Waals surface area contributed by atoms with Crippen molar-refractivity contribution in [3.8, 4) is 5.75 Å². The number of hydrogen-bond acceptors (Lipinski definition) is 4. The van der Waals surface area contributed by atoms with Crippen LogP contribution in [-0.2, 0) is 14.4 Å². The van der Waals surface area contributed by atoms with E-state index in [2.05, 4.69) is 10.6 Å². The molecule has 0 aliphatic carbocycles. The molecule has 0 aromatic heterocycles. The Morgan fingerprint density at radius 1 is 1.09 bits per heavy atom. The zero-order valence-electron chi connectivity index (χ0n) is 18.8. The van der Waals surface area contributed by atoms with Gasteiger partial charge in [-0.25, -0.2) is 0 Å². The molecule has 0 bridgehead atoms. The first-order valence-corrected chi connectivity index (χ1v) is 11.6. The van der Waals surface area contributed by atoms with E-state index in [0.717, 1.165) is 36.1 Å². The molecule has 33 heavy (non-hydrogen) atoms. The van der Waals surface area contributed by atoms with Gasteiger partial charge in [0.15, 0.2) is 0 Å². The van der Waals surface area contributed by atoms with E-state index in [-0.39, 0.29) is 30.1 Å². The number of anilines is 1. The van der Waals surface area contributed by atoms with E-state index in [1.165, 1.54) is 0 Å². The fourth-order valence-electron chi connectivity index (χ4n) is 5.72. The Bertz CT molecular complexity index is 1100. The first kappa shape index (κ1) is 21.5.